The molecule has 0 radical (unpaired) electrons. The first kappa shape index (κ1) is 13.3. The van der Waals surface area contributed by atoms with E-state index in [-0.39, 0.29) is 5.97 Å². The molecule has 1 rings (SSSR count). The van der Waals surface area contributed by atoms with Crippen LogP contribution in [-0.4, -0.2) is 23.8 Å². The minimum Gasteiger partial charge on any atom is -0.465 e. The predicted molar refractivity (Wildman–Crippen MR) is 66.5 cm³/mol. The minimum atomic E-state index is -0.450. The Balaban J connectivity index is 2.76. The van der Waals surface area contributed by atoms with Gasteiger partial charge in [-0.3, -0.25) is 0 Å². The Morgan fingerprint density at radius 1 is 1.38 bits per heavy atom. The molecule has 0 spiro atoms. The van der Waals surface area contributed by atoms with Crippen LogP contribution in [0.1, 0.15) is 22.8 Å². The van der Waals surface area contributed by atoms with Crippen LogP contribution < -0.4 is 0 Å². The van der Waals surface area contributed by atoms with Gasteiger partial charge in [-0.2, -0.15) is 0 Å². The van der Waals surface area contributed by atoms with E-state index in [9.17, 15) is 4.79 Å². The molecule has 1 aromatic carbocycles. The molecule has 4 heteroatoms. The molecular formula is C12H14Cl2O2. The van der Waals surface area contributed by atoms with Gasteiger partial charge in [0, 0.05) is 5.88 Å². The zero-order valence-electron chi connectivity index (χ0n) is 9.30. The van der Waals surface area contributed by atoms with Gasteiger partial charge in [-0.05, 0) is 31.0 Å². The number of carbonyl (C=O) groups is 1. The molecule has 0 heterocycles. The van der Waals surface area contributed by atoms with Crippen LogP contribution in [0.25, 0.3) is 0 Å². The van der Waals surface area contributed by atoms with Crippen molar-refractivity contribution < 1.29 is 9.53 Å². The normalized spacial score (nSPS) is 14.2. The molecule has 0 saturated carbocycles. The average molecular weight is 261 g/mol. The highest BCUT2D eigenvalue weighted by Gasteiger charge is 2.20. The van der Waals surface area contributed by atoms with Crippen molar-refractivity contribution in [3.8, 4) is 0 Å². The smallest absolute Gasteiger partial charge is 0.337 e. The number of methoxy groups -OCH3 is 1. The summed E-state index contributed by atoms with van der Waals surface area (Å²) in [6.07, 6.45) is 0.666. The lowest BCUT2D eigenvalue weighted by Crippen LogP contribution is -2.21. The Bertz CT molecular complexity index is 358. The molecule has 88 valence electrons. The Kier molecular flexibility index (Phi) is 4.63. The number of ether oxygens (including phenoxy) is 1. The van der Waals surface area contributed by atoms with Crippen LogP contribution in [0.5, 0.6) is 0 Å². The van der Waals surface area contributed by atoms with Crippen molar-refractivity contribution >= 4 is 29.2 Å². The number of carbonyl (C=O) groups excluding carboxylic acids is 1. The Morgan fingerprint density at radius 2 is 1.94 bits per heavy atom. The monoisotopic (exact) mass is 260 g/mol. The maximum Gasteiger partial charge on any atom is 0.337 e. The van der Waals surface area contributed by atoms with Gasteiger partial charge in [-0.15, -0.1) is 23.2 Å². The number of alkyl halides is 2. The third kappa shape index (κ3) is 3.69. The van der Waals surface area contributed by atoms with Crippen LogP contribution in [0.3, 0.4) is 0 Å². The van der Waals surface area contributed by atoms with Gasteiger partial charge in [-0.25, -0.2) is 4.79 Å². The van der Waals surface area contributed by atoms with Crippen molar-refractivity contribution in [2.24, 2.45) is 0 Å². The summed E-state index contributed by atoms with van der Waals surface area (Å²) in [5, 5.41) is 0. The number of halogens is 2. The van der Waals surface area contributed by atoms with E-state index < -0.39 is 4.87 Å². The Hall–Kier alpha value is -0.730. The fraction of sp³-hybridized carbons (Fsp3) is 0.417. The Morgan fingerprint density at radius 3 is 2.38 bits per heavy atom. The fourth-order valence-corrected chi connectivity index (χ4v) is 1.60. The largest absolute Gasteiger partial charge is 0.465 e. The van der Waals surface area contributed by atoms with Crippen molar-refractivity contribution in [2.45, 2.75) is 18.2 Å². The second-order valence-corrected chi connectivity index (χ2v) is 5.09. The van der Waals surface area contributed by atoms with Crippen LogP contribution >= 0.6 is 23.2 Å². The fourth-order valence-electron chi connectivity index (χ4n) is 1.35. The van der Waals surface area contributed by atoms with Crippen LogP contribution in [0.15, 0.2) is 24.3 Å². The van der Waals surface area contributed by atoms with E-state index in [4.69, 9.17) is 23.2 Å². The van der Waals surface area contributed by atoms with Gasteiger partial charge in [0.25, 0.3) is 0 Å². The molecule has 0 aromatic heterocycles. The van der Waals surface area contributed by atoms with E-state index in [2.05, 4.69) is 4.74 Å². The number of hydrogen-bond acceptors (Lipinski definition) is 2. The van der Waals surface area contributed by atoms with Crippen LogP contribution in [0.4, 0.5) is 0 Å². The standard InChI is InChI=1S/C12H14Cl2O2/c1-12(14,8-13)7-9-3-5-10(6-4-9)11(15)16-2/h3-6H,7-8H2,1-2H3. The lowest BCUT2D eigenvalue weighted by molar-refractivity contribution is 0.0601. The molecule has 0 amide bonds. The van der Waals surface area contributed by atoms with Gasteiger partial charge in [0.1, 0.15) is 0 Å². The van der Waals surface area contributed by atoms with Crippen molar-refractivity contribution in [3.63, 3.8) is 0 Å². The number of benzene rings is 1. The van der Waals surface area contributed by atoms with Gasteiger partial charge in [0.05, 0.1) is 17.5 Å². The molecule has 2 nitrogen and oxygen atoms in total. The summed E-state index contributed by atoms with van der Waals surface area (Å²) in [5.74, 6) is 0.0466. The zero-order chi connectivity index (χ0) is 12.2. The molecule has 0 bridgehead atoms. The van der Waals surface area contributed by atoms with Crippen molar-refractivity contribution in [2.75, 3.05) is 13.0 Å². The van der Waals surface area contributed by atoms with E-state index in [1.165, 1.54) is 7.11 Å². The van der Waals surface area contributed by atoms with Crippen LogP contribution in [0, 0.1) is 0 Å². The molecule has 0 fully saturated rings. The second-order valence-electron chi connectivity index (χ2n) is 3.91. The number of esters is 1. The third-order valence-corrected chi connectivity index (χ3v) is 3.22. The minimum absolute atomic E-state index is 0.336. The molecule has 0 aliphatic carbocycles. The third-order valence-electron chi connectivity index (χ3n) is 2.23. The summed E-state index contributed by atoms with van der Waals surface area (Å²) in [6, 6.07) is 7.17. The SMILES string of the molecule is COC(=O)c1ccc(CC(C)(Cl)CCl)cc1. The van der Waals surface area contributed by atoms with Gasteiger partial charge in [0.15, 0.2) is 0 Å². The summed E-state index contributed by atoms with van der Waals surface area (Å²) in [4.78, 5) is 10.7. The molecule has 0 aliphatic rings. The number of rotatable bonds is 4. The lowest BCUT2D eigenvalue weighted by Gasteiger charge is -2.18. The summed E-state index contributed by atoms with van der Waals surface area (Å²) in [6.45, 7) is 1.88. The first-order valence-electron chi connectivity index (χ1n) is 4.90. The van der Waals surface area contributed by atoms with Gasteiger partial charge in [0.2, 0.25) is 0 Å². The van der Waals surface area contributed by atoms with E-state index in [0.29, 0.717) is 17.9 Å². The molecule has 1 aromatic rings. The predicted octanol–water partition coefficient (Wildman–Crippen LogP) is 3.25. The summed E-state index contributed by atoms with van der Waals surface area (Å²) in [5.41, 5.74) is 1.58. The zero-order valence-corrected chi connectivity index (χ0v) is 10.8. The van der Waals surface area contributed by atoms with Gasteiger partial charge in [-0.1, -0.05) is 12.1 Å². The highest BCUT2D eigenvalue weighted by Crippen LogP contribution is 2.22. The molecule has 0 aliphatic heterocycles. The van der Waals surface area contributed by atoms with Gasteiger partial charge < -0.3 is 4.74 Å². The molecule has 1 unspecified atom stereocenters. The maximum atomic E-state index is 11.2. The lowest BCUT2D eigenvalue weighted by atomic mass is 10.0. The number of hydrogen-bond donors (Lipinski definition) is 0. The van der Waals surface area contributed by atoms with E-state index in [1.54, 1.807) is 12.1 Å². The van der Waals surface area contributed by atoms with E-state index >= 15 is 0 Å². The van der Waals surface area contributed by atoms with E-state index in [1.807, 2.05) is 19.1 Å². The highest BCUT2D eigenvalue weighted by atomic mass is 35.5. The first-order valence-corrected chi connectivity index (χ1v) is 5.82. The second kappa shape index (κ2) is 5.55. The molecule has 0 N–H and O–H groups in total. The quantitative estimate of drug-likeness (QED) is 0.614. The van der Waals surface area contributed by atoms with Crippen molar-refractivity contribution in [1.82, 2.24) is 0 Å². The van der Waals surface area contributed by atoms with Crippen LogP contribution in [0.2, 0.25) is 0 Å². The summed E-state index contributed by atoms with van der Waals surface area (Å²) in [7, 11) is 1.36. The summed E-state index contributed by atoms with van der Waals surface area (Å²) < 4.78 is 4.61. The van der Waals surface area contributed by atoms with Crippen molar-refractivity contribution in [3.05, 3.63) is 35.4 Å². The molecule has 16 heavy (non-hydrogen) atoms. The maximum absolute atomic E-state index is 11.2. The van der Waals surface area contributed by atoms with Gasteiger partial charge >= 0.3 is 5.97 Å². The molecule has 1 atom stereocenters. The molecule has 0 saturated heterocycles. The first-order chi connectivity index (χ1) is 7.48. The van der Waals surface area contributed by atoms with Crippen molar-refractivity contribution in [1.29, 1.82) is 0 Å². The summed E-state index contributed by atoms with van der Waals surface area (Å²) >= 11 is 11.9. The topological polar surface area (TPSA) is 26.3 Å². The highest BCUT2D eigenvalue weighted by molar-refractivity contribution is 6.30. The van der Waals surface area contributed by atoms with Crippen LogP contribution in [-0.2, 0) is 11.2 Å². The van der Waals surface area contributed by atoms with E-state index in [0.717, 1.165) is 5.56 Å². The Labute approximate surface area is 106 Å². The molecular weight excluding hydrogens is 247 g/mol. The average Bonchev–Trinajstić information content (AvgIpc) is 2.28.